The highest BCUT2D eigenvalue weighted by molar-refractivity contribution is 6.32. The molecule has 0 radical (unpaired) electrons. The molecule has 2 saturated carbocycles. The zero-order chi connectivity index (χ0) is 14.0. The molecule has 0 spiro atoms. The average Bonchev–Trinajstić information content (AvgIpc) is 3.08. The van der Waals surface area contributed by atoms with E-state index in [9.17, 15) is 14.7 Å². The molecular weight excluding hydrogens is 278 g/mol. The quantitative estimate of drug-likeness (QED) is 0.809. The topological polar surface area (TPSA) is 57.6 Å². The van der Waals surface area contributed by atoms with Gasteiger partial charge >= 0.3 is 0 Å². The Hall–Kier alpha value is -1.55. The Labute approximate surface area is 121 Å². The van der Waals surface area contributed by atoms with E-state index in [1.54, 1.807) is 6.07 Å². The second-order valence-electron chi connectivity index (χ2n) is 6.03. The van der Waals surface area contributed by atoms with Gasteiger partial charge in [-0.3, -0.25) is 9.59 Å². The number of aromatic hydroxyl groups is 1. The van der Waals surface area contributed by atoms with Crippen LogP contribution in [0, 0.1) is 23.7 Å². The van der Waals surface area contributed by atoms with Crippen LogP contribution in [0.2, 0.25) is 5.02 Å². The van der Waals surface area contributed by atoms with Crippen LogP contribution in [0.15, 0.2) is 18.2 Å². The minimum Gasteiger partial charge on any atom is -0.506 e. The van der Waals surface area contributed by atoms with E-state index in [0.29, 0.717) is 17.5 Å². The number of rotatable bonds is 1. The minimum atomic E-state index is -0.131. The van der Waals surface area contributed by atoms with E-state index in [1.807, 2.05) is 0 Å². The summed E-state index contributed by atoms with van der Waals surface area (Å²) in [5.41, 5.74) is 0.469. The molecule has 104 valence electrons. The van der Waals surface area contributed by atoms with Gasteiger partial charge in [-0.15, -0.1) is 0 Å². The normalized spacial score (nSPS) is 35.0. The molecular formula is C15H14ClNO3. The van der Waals surface area contributed by atoms with Crippen molar-refractivity contribution in [2.45, 2.75) is 19.3 Å². The summed E-state index contributed by atoms with van der Waals surface area (Å²) in [7, 11) is 0. The number of hydrogen-bond acceptors (Lipinski definition) is 3. The Morgan fingerprint density at radius 3 is 2.25 bits per heavy atom. The van der Waals surface area contributed by atoms with Gasteiger partial charge in [0, 0.05) is 0 Å². The number of hydrogen-bond donors (Lipinski definition) is 1. The highest BCUT2D eigenvalue weighted by Gasteiger charge is 2.61. The smallest absolute Gasteiger partial charge is 0.237 e. The van der Waals surface area contributed by atoms with Crippen molar-refractivity contribution in [1.82, 2.24) is 0 Å². The van der Waals surface area contributed by atoms with Crippen molar-refractivity contribution in [3.63, 3.8) is 0 Å². The van der Waals surface area contributed by atoms with Crippen LogP contribution in [-0.2, 0) is 9.59 Å². The lowest BCUT2D eigenvalue weighted by molar-refractivity contribution is -0.123. The first-order valence-electron chi connectivity index (χ1n) is 6.94. The first kappa shape index (κ1) is 12.2. The molecule has 1 aromatic rings. The van der Waals surface area contributed by atoms with Crippen molar-refractivity contribution < 1.29 is 14.7 Å². The van der Waals surface area contributed by atoms with Crippen LogP contribution in [0.25, 0.3) is 0 Å². The maximum absolute atomic E-state index is 12.6. The third-order valence-corrected chi connectivity index (χ3v) is 5.42. The third-order valence-electron chi connectivity index (χ3n) is 5.12. The van der Waals surface area contributed by atoms with Crippen molar-refractivity contribution in [2.75, 3.05) is 4.90 Å². The summed E-state index contributed by atoms with van der Waals surface area (Å²) in [4.78, 5) is 26.4. The Morgan fingerprint density at radius 2 is 1.70 bits per heavy atom. The van der Waals surface area contributed by atoms with Crippen LogP contribution in [0.5, 0.6) is 5.75 Å². The van der Waals surface area contributed by atoms with Gasteiger partial charge < -0.3 is 5.11 Å². The van der Waals surface area contributed by atoms with Gasteiger partial charge in [-0.2, -0.15) is 0 Å². The van der Waals surface area contributed by atoms with Crippen LogP contribution in [0.4, 0.5) is 5.69 Å². The van der Waals surface area contributed by atoms with E-state index < -0.39 is 0 Å². The maximum Gasteiger partial charge on any atom is 0.237 e. The van der Waals surface area contributed by atoms with Gasteiger partial charge in [0.1, 0.15) is 5.75 Å². The summed E-state index contributed by atoms with van der Waals surface area (Å²) >= 11 is 5.88. The van der Waals surface area contributed by atoms with Crippen LogP contribution < -0.4 is 4.90 Å². The number of halogens is 1. The lowest BCUT2D eigenvalue weighted by Crippen LogP contribution is -2.32. The number of imide groups is 1. The van der Waals surface area contributed by atoms with Crippen molar-refractivity contribution in [3.8, 4) is 5.75 Å². The fraction of sp³-hybridized carbons (Fsp3) is 0.467. The van der Waals surface area contributed by atoms with E-state index in [0.717, 1.165) is 19.3 Å². The Kier molecular flexibility index (Phi) is 2.43. The fourth-order valence-corrected chi connectivity index (χ4v) is 4.47. The zero-order valence-electron chi connectivity index (χ0n) is 10.8. The molecule has 2 aliphatic carbocycles. The van der Waals surface area contributed by atoms with Gasteiger partial charge in [-0.1, -0.05) is 11.6 Å². The summed E-state index contributed by atoms with van der Waals surface area (Å²) in [6.45, 7) is 0. The molecule has 4 atom stereocenters. The third kappa shape index (κ3) is 1.43. The second-order valence-corrected chi connectivity index (χ2v) is 6.44. The summed E-state index contributed by atoms with van der Waals surface area (Å²) in [6.07, 6.45) is 3.15. The molecule has 4 nitrogen and oxygen atoms in total. The summed E-state index contributed by atoms with van der Waals surface area (Å²) < 4.78 is 0. The number of nitrogens with zero attached hydrogens (tertiary/aromatic N) is 1. The van der Waals surface area contributed by atoms with Crippen molar-refractivity contribution >= 4 is 29.1 Å². The van der Waals surface area contributed by atoms with E-state index >= 15 is 0 Å². The summed E-state index contributed by atoms with van der Waals surface area (Å²) in [6, 6.07) is 4.47. The van der Waals surface area contributed by atoms with E-state index in [1.165, 1.54) is 17.0 Å². The molecule has 4 rings (SSSR count). The molecule has 20 heavy (non-hydrogen) atoms. The largest absolute Gasteiger partial charge is 0.506 e. The number of phenolic OH excluding ortho intramolecular Hbond substituents is 1. The van der Waals surface area contributed by atoms with Crippen molar-refractivity contribution in [2.24, 2.45) is 23.7 Å². The van der Waals surface area contributed by atoms with Gasteiger partial charge in [0.05, 0.1) is 22.5 Å². The van der Waals surface area contributed by atoms with Gasteiger partial charge in [-0.25, -0.2) is 4.90 Å². The van der Waals surface area contributed by atoms with Crippen LogP contribution in [0.3, 0.4) is 0 Å². The number of benzene rings is 1. The first-order valence-corrected chi connectivity index (χ1v) is 7.32. The molecule has 1 heterocycles. The highest BCUT2D eigenvalue weighted by Crippen LogP contribution is 2.56. The van der Waals surface area contributed by atoms with Crippen molar-refractivity contribution in [1.29, 1.82) is 0 Å². The molecule has 1 N–H and O–H groups in total. The monoisotopic (exact) mass is 291 g/mol. The zero-order valence-corrected chi connectivity index (χ0v) is 11.5. The van der Waals surface area contributed by atoms with Crippen LogP contribution in [-0.4, -0.2) is 16.9 Å². The van der Waals surface area contributed by atoms with E-state index in [2.05, 4.69) is 0 Å². The standard InChI is InChI=1S/C15H14ClNO3/c16-10-6-9(3-4-11(10)18)17-14(19)12-7-1-2-8(5-7)13(12)15(17)20/h3-4,6-8,12-13,18H,1-2,5H2/t7-,8+,12-,13?/m1/s1. The summed E-state index contributed by atoms with van der Waals surface area (Å²) in [5, 5.41) is 9.61. The van der Waals surface area contributed by atoms with E-state index in [4.69, 9.17) is 11.6 Å². The molecule has 1 unspecified atom stereocenters. The van der Waals surface area contributed by atoms with Crippen LogP contribution in [0.1, 0.15) is 19.3 Å². The molecule has 2 bridgehead atoms. The highest BCUT2D eigenvalue weighted by atomic mass is 35.5. The Bertz CT molecular complexity index is 602. The van der Waals surface area contributed by atoms with Gasteiger partial charge in [0.25, 0.3) is 0 Å². The Morgan fingerprint density at radius 1 is 1.10 bits per heavy atom. The maximum atomic E-state index is 12.6. The van der Waals surface area contributed by atoms with Crippen LogP contribution >= 0.6 is 11.6 Å². The minimum absolute atomic E-state index is 0.0465. The Balaban J connectivity index is 1.74. The van der Waals surface area contributed by atoms with Gasteiger partial charge in [0.15, 0.2) is 0 Å². The average molecular weight is 292 g/mol. The van der Waals surface area contributed by atoms with Crippen molar-refractivity contribution in [3.05, 3.63) is 23.2 Å². The fourth-order valence-electron chi connectivity index (χ4n) is 4.30. The predicted octanol–water partition coefficient (Wildman–Crippen LogP) is 2.58. The number of amides is 2. The molecule has 3 aliphatic rings. The molecule has 2 amide bonds. The predicted molar refractivity (Wildman–Crippen MR) is 73.4 cm³/mol. The lowest BCUT2D eigenvalue weighted by Gasteiger charge is -2.19. The molecule has 5 heteroatoms. The number of carbonyl (C=O) groups excluding carboxylic acids is 2. The number of anilines is 1. The van der Waals surface area contributed by atoms with Gasteiger partial charge in [-0.05, 0) is 49.3 Å². The SMILES string of the molecule is O=C1C2[C@H]3CC[C@H](C3)[C@H]2C(=O)N1c1ccc(O)c(Cl)c1. The van der Waals surface area contributed by atoms with Gasteiger partial charge in [0.2, 0.25) is 11.8 Å². The molecule has 1 saturated heterocycles. The molecule has 1 aliphatic heterocycles. The lowest BCUT2D eigenvalue weighted by atomic mass is 9.81. The van der Waals surface area contributed by atoms with E-state index in [-0.39, 0.29) is 34.4 Å². The number of carbonyl (C=O) groups is 2. The first-order chi connectivity index (χ1) is 9.58. The number of phenols is 1. The summed E-state index contributed by atoms with van der Waals surface area (Å²) in [5.74, 6) is 0.262. The molecule has 3 fully saturated rings. The molecule has 0 aromatic heterocycles. The number of fused-ring (bicyclic) bond motifs is 5. The molecule has 1 aromatic carbocycles. The second kappa shape index (κ2) is 3.98.